The van der Waals surface area contributed by atoms with Gasteiger partial charge < -0.3 is 33.8 Å². The molecule has 0 spiro atoms. The molecule has 0 saturated heterocycles. The number of unbranched alkanes of at least 4 members (excludes halogenated alkanes) is 40. The van der Waals surface area contributed by atoms with Crippen molar-refractivity contribution in [2.24, 2.45) is 11.8 Å². The zero-order chi connectivity index (χ0) is 66.5. The maximum Gasteiger partial charge on any atom is 0.472 e. The highest BCUT2D eigenvalue weighted by Crippen LogP contribution is 2.45. The topological polar surface area (TPSA) is 237 Å². The number of hydrogen-bond donors (Lipinski definition) is 3. The molecule has 0 aliphatic carbocycles. The lowest BCUT2D eigenvalue weighted by molar-refractivity contribution is -0.161. The predicted octanol–water partition coefficient (Wildman–Crippen LogP) is 20.4. The van der Waals surface area contributed by atoms with Crippen LogP contribution >= 0.6 is 15.6 Å². The number of aliphatic hydroxyl groups excluding tert-OH is 1. The van der Waals surface area contributed by atoms with E-state index in [2.05, 4.69) is 41.5 Å². The van der Waals surface area contributed by atoms with Crippen molar-refractivity contribution in [1.82, 2.24) is 0 Å². The van der Waals surface area contributed by atoms with Crippen molar-refractivity contribution in [3.8, 4) is 0 Å². The first kappa shape index (κ1) is 88.1. The van der Waals surface area contributed by atoms with Gasteiger partial charge in [0.05, 0.1) is 26.4 Å². The number of esters is 4. The summed E-state index contributed by atoms with van der Waals surface area (Å²) < 4.78 is 68.3. The number of aliphatic hydroxyl groups is 1. The minimum absolute atomic E-state index is 0.107. The van der Waals surface area contributed by atoms with Gasteiger partial charge in [-0.1, -0.05) is 311 Å². The molecule has 0 aromatic carbocycles. The Hall–Kier alpha value is -1.94. The number of ether oxygens (including phenoxy) is 4. The molecule has 0 heterocycles. The van der Waals surface area contributed by atoms with Crippen molar-refractivity contribution < 1.29 is 80.2 Å². The smallest absolute Gasteiger partial charge is 0.462 e. The van der Waals surface area contributed by atoms with Gasteiger partial charge >= 0.3 is 39.5 Å². The van der Waals surface area contributed by atoms with Crippen LogP contribution in [0.2, 0.25) is 0 Å². The van der Waals surface area contributed by atoms with Crippen LogP contribution < -0.4 is 0 Å². The summed E-state index contributed by atoms with van der Waals surface area (Å²) in [5.41, 5.74) is 0. The molecular weight excluding hydrogens is 1190 g/mol. The van der Waals surface area contributed by atoms with E-state index in [4.69, 9.17) is 37.0 Å². The molecule has 17 nitrogen and oxygen atoms in total. The lowest BCUT2D eigenvalue weighted by Crippen LogP contribution is -2.30. The second-order valence-corrected chi connectivity index (χ2v) is 29.5. The van der Waals surface area contributed by atoms with Crippen molar-refractivity contribution >= 4 is 39.5 Å². The van der Waals surface area contributed by atoms with E-state index in [1.165, 1.54) is 180 Å². The van der Waals surface area contributed by atoms with Crippen molar-refractivity contribution in [3.63, 3.8) is 0 Å². The third-order valence-electron chi connectivity index (χ3n) is 16.5. The van der Waals surface area contributed by atoms with Crippen LogP contribution in [0.4, 0.5) is 0 Å². The lowest BCUT2D eigenvalue weighted by Gasteiger charge is -2.21. The second kappa shape index (κ2) is 63.1. The summed E-state index contributed by atoms with van der Waals surface area (Å²) in [5.74, 6) is -0.651. The van der Waals surface area contributed by atoms with Crippen LogP contribution in [0.5, 0.6) is 0 Å². The van der Waals surface area contributed by atoms with Gasteiger partial charge in [-0.2, -0.15) is 0 Å². The molecule has 0 radical (unpaired) electrons. The van der Waals surface area contributed by atoms with E-state index in [9.17, 15) is 43.2 Å². The summed E-state index contributed by atoms with van der Waals surface area (Å²) in [6.45, 7) is 9.51. The molecule has 0 aliphatic heterocycles. The van der Waals surface area contributed by atoms with Crippen molar-refractivity contribution in [2.75, 3.05) is 39.6 Å². The molecule has 0 bridgehead atoms. The first-order chi connectivity index (χ1) is 43.4. The molecule has 5 atom stereocenters. The molecule has 2 unspecified atom stereocenters. The summed E-state index contributed by atoms with van der Waals surface area (Å²) in [5, 5.41) is 10.6. The molecule has 90 heavy (non-hydrogen) atoms. The van der Waals surface area contributed by atoms with E-state index < -0.39 is 97.5 Å². The van der Waals surface area contributed by atoms with Crippen molar-refractivity contribution in [2.45, 2.75) is 381 Å². The minimum Gasteiger partial charge on any atom is -0.462 e. The summed E-state index contributed by atoms with van der Waals surface area (Å²) in [7, 11) is -9.90. The van der Waals surface area contributed by atoms with Gasteiger partial charge in [0.25, 0.3) is 0 Å². The van der Waals surface area contributed by atoms with Gasteiger partial charge in [-0.3, -0.25) is 37.3 Å². The fourth-order valence-corrected chi connectivity index (χ4v) is 12.3. The molecule has 3 N–H and O–H groups in total. The van der Waals surface area contributed by atoms with Crippen LogP contribution in [0.15, 0.2) is 0 Å². The number of carbonyl (C=O) groups excluding carboxylic acids is 4. The zero-order valence-electron chi connectivity index (χ0n) is 58.4. The van der Waals surface area contributed by atoms with E-state index >= 15 is 0 Å². The first-order valence-electron chi connectivity index (χ1n) is 37.0. The van der Waals surface area contributed by atoms with Crippen molar-refractivity contribution in [3.05, 3.63) is 0 Å². The third-order valence-corrected chi connectivity index (χ3v) is 18.4. The van der Waals surface area contributed by atoms with Crippen LogP contribution in [0.25, 0.3) is 0 Å². The highest BCUT2D eigenvalue weighted by molar-refractivity contribution is 7.47. The fraction of sp³-hybridized carbons (Fsp3) is 0.944. The first-order valence-corrected chi connectivity index (χ1v) is 40.0. The molecule has 0 rings (SSSR count). The van der Waals surface area contributed by atoms with E-state index in [0.29, 0.717) is 25.7 Å². The minimum atomic E-state index is -4.95. The largest absolute Gasteiger partial charge is 0.472 e. The van der Waals surface area contributed by atoms with Gasteiger partial charge in [-0.05, 0) is 37.5 Å². The maximum atomic E-state index is 13.0. The Morgan fingerprint density at radius 1 is 0.300 bits per heavy atom. The lowest BCUT2D eigenvalue weighted by atomic mass is 10.0. The normalized spacial score (nSPS) is 14.1. The molecule has 0 aromatic rings. The van der Waals surface area contributed by atoms with E-state index in [1.54, 1.807) is 0 Å². The summed E-state index contributed by atoms with van der Waals surface area (Å²) >= 11 is 0. The summed E-state index contributed by atoms with van der Waals surface area (Å²) in [6.07, 6.45) is 48.5. The molecular formula is C71H138O17P2. The molecule has 0 amide bonds. The summed E-state index contributed by atoms with van der Waals surface area (Å²) in [6, 6.07) is 0. The second-order valence-electron chi connectivity index (χ2n) is 26.6. The predicted molar refractivity (Wildman–Crippen MR) is 363 cm³/mol. The SMILES string of the molecule is CCCCCCCCCCCCCCCCCC(=O)O[C@H](COC(=O)CCCCCCCCCCCC(C)C)COP(=O)(O)OC[C@@H](O)COP(=O)(O)OC[C@@H](COC(=O)CCCCCCCCCCC(C)C)OC(=O)CCCCCCCCCCCCCC. The van der Waals surface area contributed by atoms with Gasteiger partial charge in [-0.25, -0.2) is 9.13 Å². The van der Waals surface area contributed by atoms with Crippen LogP contribution in [0.1, 0.15) is 363 Å². The third kappa shape index (κ3) is 64.8. The number of phosphoric ester groups is 2. The Balaban J connectivity index is 5.25. The average Bonchev–Trinajstić information content (AvgIpc) is 3.41. The Morgan fingerprint density at radius 3 is 0.756 bits per heavy atom. The number of rotatable bonds is 70. The quantitative estimate of drug-likeness (QED) is 0.0222. The fourth-order valence-electron chi connectivity index (χ4n) is 10.8. The maximum absolute atomic E-state index is 13.0. The summed E-state index contributed by atoms with van der Waals surface area (Å²) in [4.78, 5) is 72.6. The van der Waals surface area contributed by atoms with Gasteiger partial charge in [-0.15, -0.1) is 0 Å². The molecule has 19 heteroatoms. The highest BCUT2D eigenvalue weighted by Gasteiger charge is 2.30. The van der Waals surface area contributed by atoms with Gasteiger partial charge in [0.2, 0.25) is 0 Å². The number of hydrogen-bond acceptors (Lipinski definition) is 15. The Labute approximate surface area is 549 Å². The number of phosphoric acid groups is 2. The molecule has 0 aliphatic rings. The van der Waals surface area contributed by atoms with Crippen LogP contribution in [-0.2, 0) is 65.4 Å². The van der Waals surface area contributed by atoms with E-state index in [0.717, 1.165) is 102 Å². The van der Waals surface area contributed by atoms with Gasteiger partial charge in [0.15, 0.2) is 12.2 Å². The standard InChI is InChI=1S/C71H138O17P2/c1-7-9-11-13-15-17-19-21-22-23-25-29-38-44-50-56-71(76)87-66(59-81-68(73)53-47-41-35-30-26-27-33-39-45-51-63(3)4)61-85-89(77,78)83-57-65(72)58-84-90(79,80)86-62-67(60-82-69(74)54-48-42-36-32-31-34-40-46-52-64(5)6)88-70(75)55-49-43-37-28-24-20-18-16-14-12-10-8-2/h63-67,72H,7-62H2,1-6H3,(H,77,78)(H,79,80)/t65-,66-,67-/m1/s1. The van der Waals surface area contributed by atoms with Crippen LogP contribution in [-0.4, -0.2) is 96.7 Å². The van der Waals surface area contributed by atoms with Gasteiger partial charge in [0, 0.05) is 25.7 Å². The molecule has 0 aromatic heterocycles. The Morgan fingerprint density at radius 2 is 0.511 bits per heavy atom. The monoisotopic (exact) mass is 1320 g/mol. The number of carbonyl (C=O) groups is 4. The Bertz CT molecular complexity index is 1750. The van der Waals surface area contributed by atoms with E-state index in [-0.39, 0.29) is 25.7 Å². The average molecular weight is 1330 g/mol. The molecule has 0 fully saturated rings. The van der Waals surface area contributed by atoms with Crippen LogP contribution in [0.3, 0.4) is 0 Å². The van der Waals surface area contributed by atoms with Crippen molar-refractivity contribution in [1.29, 1.82) is 0 Å². The molecule has 0 saturated carbocycles. The van der Waals surface area contributed by atoms with Crippen LogP contribution in [0, 0.1) is 11.8 Å². The highest BCUT2D eigenvalue weighted by atomic mass is 31.2. The molecule has 534 valence electrons. The Kier molecular flexibility index (Phi) is 61.8. The van der Waals surface area contributed by atoms with Gasteiger partial charge in [0.1, 0.15) is 19.3 Å². The zero-order valence-corrected chi connectivity index (χ0v) is 60.2. The van der Waals surface area contributed by atoms with E-state index in [1.807, 2.05) is 0 Å².